The number of carbonyl (C=O) groups is 1. The van der Waals surface area contributed by atoms with Gasteiger partial charge in [0.2, 0.25) is 5.91 Å². The van der Waals surface area contributed by atoms with Crippen LogP contribution in [-0.2, 0) is 11.3 Å². The molecular weight excluding hydrogens is 380 g/mol. The van der Waals surface area contributed by atoms with E-state index in [4.69, 9.17) is 15.2 Å². The summed E-state index contributed by atoms with van der Waals surface area (Å²) in [7, 11) is 0. The maximum Gasteiger partial charge on any atom is 0.290 e. The molecule has 3 aromatic rings. The Kier molecular flexibility index (Phi) is 4.98. The molecule has 9 heteroatoms. The van der Waals surface area contributed by atoms with Crippen LogP contribution >= 0.6 is 11.3 Å². The monoisotopic (exact) mass is 398 g/mol. The molecule has 28 heavy (non-hydrogen) atoms. The minimum atomic E-state index is -0.498. The number of hydrogen-bond acceptors (Lipinski definition) is 7. The molecule has 3 heterocycles. The zero-order chi connectivity index (χ0) is 19.5. The molecule has 2 aromatic heterocycles. The lowest BCUT2D eigenvalue weighted by Gasteiger charge is -2.26. The van der Waals surface area contributed by atoms with E-state index >= 15 is 0 Å². The summed E-state index contributed by atoms with van der Waals surface area (Å²) < 4.78 is 12.5. The first-order valence-corrected chi connectivity index (χ1v) is 9.55. The molecule has 0 saturated carbocycles. The van der Waals surface area contributed by atoms with Gasteiger partial charge in [-0.3, -0.25) is 9.59 Å². The summed E-state index contributed by atoms with van der Waals surface area (Å²) in [6, 6.07) is 12.6. The van der Waals surface area contributed by atoms with E-state index in [2.05, 4.69) is 10.4 Å². The van der Waals surface area contributed by atoms with Gasteiger partial charge in [0.1, 0.15) is 30.6 Å². The van der Waals surface area contributed by atoms with Crippen molar-refractivity contribution in [3.05, 3.63) is 58.2 Å². The zero-order valence-corrected chi connectivity index (χ0v) is 15.6. The van der Waals surface area contributed by atoms with Crippen molar-refractivity contribution in [2.24, 2.45) is 0 Å². The van der Waals surface area contributed by atoms with Crippen LogP contribution in [0, 0.1) is 0 Å². The summed E-state index contributed by atoms with van der Waals surface area (Å²) in [6.45, 7) is 0.352. The molecule has 0 spiro atoms. The van der Waals surface area contributed by atoms with Gasteiger partial charge in [-0.15, -0.1) is 11.3 Å². The predicted octanol–water partition coefficient (Wildman–Crippen LogP) is 1.51. The Bertz CT molecular complexity index is 1050. The standard InChI is InChI=1S/C19H18N4O4S/c20-13-8-14(17-6-3-7-28-17)22-23(19(13)25)10-18(24)21-9-12-11-26-15-4-1-2-5-16(15)27-12/h1-8,12H,9-11,20H2,(H,21,24)/t12-/m0/s1. The Hall–Kier alpha value is -3.33. The number of anilines is 1. The summed E-state index contributed by atoms with van der Waals surface area (Å²) in [6.07, 6.45) is -0.314. The second-order valence-electron chi connectivity index (χ2n) is 6.23. The van der Waals surface area contributed by atoms with E-state index in [0.717, 1.165) is 9.56 Å². The third kappa shape index (κ3) is 3.84. The first-order valence-electron chi connectivity index (χ1n) is 8.67. The smallest absolute Gasteiger partial charge is 0.290 e. The first kappa shape index (κ1) is 18.1. The fraction of sp³-hybridized carbons (Fsp3) is 0.211. The summed E-state index contributed by atoms with van der Waals surface area (Å²) in [5.41, 5.74) is 5.91. The van der Waals surface area contributed by atoms with Gasteiger partial charge in [0.15, 0.2) is 11.5 Å². The first-order chi connectivity index (χ1) is 13.6. The number of carbonyl (C=O) groups excluding carboxylic acids is 1. The molecular formula is C19H18N4O4S. The van der Waals surface area contributed by atoms with E-state index in [0.29, 0.717) is 23.8 Å². The van der Waals surface area contributed by atoms with Crippen molar-refractivity contribution >= 4 is 22.9 Å². The third-order valence-electron chi connectivity index (χ3n) is 4.16. The van der Waals surface area contributed by atoms with E-state index in [1.165, 1.54) is 17.4 Å². The number of nitrogen functional groups attached to an aromatic ring is 1. The molecule has 1 amide bonds. The van der Waals surface area contributed by atoms with Crippen LogP contribution in [0.3, 0.4) is 0 Å². The molecule has 0 aliphatic carbocycles. The van der Waals surface area contributed by atoms with Crippen LogP contribution in [0.15, 0.2) is 52.6 Å². The maximum absolute atomic E-state index is 12.3. The Morgan fingerprint density at radius 1 is 1.29 bits per heavy atom. The number of aromatic nitrogens is 2. The number of thiophene rings is 1. The van der Waals surface area contributed by atoms with Gasteiger partial charge in [-0.25, -0.2) is 4.68 Å². The van der Waals surface area contributed by atoms with Crippen LogP contribution in [0.25, 0.3) is 10.6 Å². The molecule has 144 valence electrons. The van der Waals surface area contributed by atoms with Crippen LogP contribution in [0.2, 0.25) is 0 Å². The highest BCUT2D eigenvalue weighted by molar-refractivity contribution is 7.13. The number of amides is 1. The zero-order valence-electron chi connectivity index (χ0n) is 14.8. The van der Waals surface area contributed by atoms with E-state index in [-0.39, 0.29) is 30.8 Å². The van der Waals surface area contributed by atoms with Crippen molar-refractivity contribution < 1.29 is 14.3 Å². The maximum atomic E-state index is 12.3. The molecule has 1 aliphatic rings. The lowest BCUT2D eigenvalue weighted by Crippen LogP contribution is -2.42. The molecule has 0 unspecified atom stereocenters. The average molecular weight is 398 g/mol. The summed E-state index contributed by atoms with van der Waals surface area (Å²) in [5, 5.41) is 8.91. The van der Waals surface area contributed by atoms with E-state index < -0.39 is 5.56 Å². The van der Waals surface area contributed by atoms with Gasteiger partial charge >= 0.3 is 0 Å². The second kappa shape index (κ2) is 7.73. The Morgan fingerprint density at radius 2 is 2.11 bits per heavy atom. The largest absolute Gasteiger partial charge is 0.486 e. The normalized spacial score (nSPS) is 15.2. The van der Waals surface area contributed by atoms with Gasteiger partial charge in [-0.1, -0.05) is 18.2 Å². The summed E-state index contributed by atoms with van der Waals surface area (Å²) in [4.78, 5) is 25.4. The molecule has 0 bridgehead atoms. The summed E-state index contributed by atoms with van der Waals surface area (Å²) >= 11 is 1.48. The SMILES string of the molecule is Nc1cc(-c2cccs2)nn(CC(=O)NC[C@H]2COc3ccccc3O2)c1=O. The number of benzene rings is 1. The highest BCUT2D eigenvalue weighted by Gasteiger charge is 2.21. The van der Waals surface area contributed by atoms with Gasteiger partial charge in [0.25, 0.3) is 5.56 Å². The fourth-order valence-corrected chi connectivity index (χ4v) is 3.48. The van der Waals surface area contributed by atoms with Gasteiger partial charge in [0.05, 0.1) is 11.4 Å². The number of para-hydroxylation sites is 2. The lowest BCUT2D eigenvalue weighted by molar-refractivity contribution is -0.122. The average Bonchev–Trinajstić information content (AvgIpc) is 3.24. The number of nitrogens with two attached hydrogens (primary N) is 1. The summed E-state index contributed by atoms with van der Waals surface area (Å²) in [5.74, 6) is 0.962. The van der Waals surface area contributed by atoms with E-state index in [1.807, 2.05) is 41.8 Å². The van der Waals surface area contributed by atoms with Crippen LogP contribution in [0.5, 0.6) is 11.5 Å². The van der Waals surface area contributed by atoms with Gasteiger partial charge in [-0.2, -0.15) is 5.10 Å². The van der Waals surface area contributed by atoms with Crippen LogP contribution < -0.4 is 26.1 Å². The second-order valence-corrected chi connectivity index (χ2v) is 7.17. The molecule has 1 atom stereocenters. The molecule has 1 aliphatic heterocycles. The van der Waals surface area contributed by atoms with Crippen molar-refractivity contribution in [3.63, 3.8) is 0 Å². The Labute approximate surface area is 164 Å². The van der Waals surface area contributed by atoms with E-state index in [9.17, 15) is 9.59 Å². The molecule has 8 nitrogen and oxygen atoms in total. The number of rotatable bonds is 5. The highest BCUT2D eigenvalue weighted by Crippen LogP contribution is 2.30. The minimum Gasteiger partial charge on any atom is -0.486 e. The molecule has 0 saturated heterocycles. The van der Waals surface area contributed by atoms with Gasteiger partial charge in [0, 0.05) is 0 Å². The number of ether oxygens (including phenoxy) is 2. The quantitative estimate of drug-likeness (QED) is 0.674. The topological polar surface area (TPSA) is 108 Å². The van der Waals surface area contributed by atoms with Crippen LogP contribution in [-0.4, -0.2) is 34.9 Å². The van der Waals surface area contributed by atoms with Crippen molar-refractivity contribution in [2.45, 2.75) is 12.6 Å². The molecule has 0 fully saturated rings. The van der Waals surface area contributed by atoms with Crippen molar-refractivity contribution in [1.29, 1.82) is 0 Å². The number of nitrogens with one attached hydrogen (secondary N) is 1. The molecule has 0 radical (unpaired) electrons. The Morgan fingerprint density at radius 3 is 2.89 bits per heavy atom. The lowest BCUT2D eigenvalue weighted by atomic mass is 10.2. The molecule has 3 N–H and O–H groups in total. The third-order valence-corrected chi connectivity index (χ3v) is 5.06. The Balaban J connectivity index is 1.40. The van der Waals surface area contributed by atoms with Gasteiger partial charge in [-0.05, 0) is 29.6 Å². The number of hydrogen-bond donors (Lipinski definition) is 2. The van der Waals surface area contributed by atoms with Crippen LogP contribution in [0.4, 0.5) is 5.69 Å². The highest BCUT2D eigenvalue weighted by atomic mass is 32.1. The number of fused-ring (bicyclic) bond motifs is 1. The van der Waals surface area contributed by atoms with Crippen molar-refractivity contribution in [1.82, 2.24) is 15.1 Å². The molecule has 4 rings (SSSR count). The van der Waals surface area contributed by atoms with E-state index in [1.54, 1.807) is 0 Å². The number of nitrogens with zero attached hydrogens (tertiary/aromatic N) is 2. The van der Waals surface area contributed by atoms with Crippen molar-refractivity contribution in [3.8, 4) is 22.1 Å². The van der Waals surface area contributed by atoms with Crippen molar-refractivity contribution in [2.75, 3.05) is 18.9 Å². The molecule has 1 aromatic carbocycles. The fourth-order valence-electron chi connectivity index (χ4n) is 2.80. The minimum absolute atomic E-state index is 0.0480. The predicted molar refractivity (Wildman–Crippen MR) is 106 cm³/mol. The van der Waals surface area contributed by atoms with Gasteiger partial charge < -0.3 is 20.5 Å². The van der Waals surface area contributed by atoms with Crippen LogP contribution in [0.1, 0.15) is 0 Å².